The van der Waals surface area contributed by atoms with E-state index in [1.54, 1.807) is 0 Å². The molecule has 0 aromatic rings. The minimum absolute atomic E-state index is 0.132. The second-order valence-electron chi connectivity index (χ2n) is 8.01. The van der Waals surface area contributed by atoms with Gasteiger partial charge in [0, 0.05) is 11.6 Å². The number of carboxylic acids is 2. The number of alkyl halides is 2. The van der Waals surface area contributed by atoms with Crippen molar-refractivity contribution in [2.75, 3.05) is 0 Å². The van der Waals surface area contributed by atoms with Crippen molar-refractivity contribution >= 4 is 55.4 Å². The molecule has 32 heavy (non-hydrogen) atoms. The first-order chi connectivity index (χ1) is 14.9. The Hall–Kier alpha value is -1.02. The molecule has 0 heterocycles. The van der Waals surface area contributed by atoms with Gasteiger partial charge in [-0.3, -0.25) is 14.4 Å². The zero-order valence-electron chi connectivity index (χ0n) is 19.9. The molecule has 0 bridgehead atoms. The van der Waals surface area contributed by atoms with Crippen molar-refractivity contribution in [3.05, 3.63) is 11.6 Å². The number of hydrogen-bond donors (Lipinski definition) is 2. The Morgan fingerprint density at radius 3 is 1.69 bits per heavy atom. The van der Waals surface area contributed by atoms with Crippen LogP contribution in [-0.4, -0.2) is 42.9 Å². The lowest BCUT2D eigenvalue weighted by Gasteiger charge is -2.27. The normalized spacial score (nSPS) is 14.0. The summed E-state index contributed by atoms with van der Waals surface area (Å²) < 4.78 is -0.981. The minimum Gasteiger partial charge on any atom is -0.480 e. The lowest BCUT2D eigenvalue weighted by Crippen LogP contribution is -2.43. The average molecular weight is 584 g/mol. The van der Waals surface area contributed by atoms with Crippen LogP contribution >= 0.6 is 31.9 Å². The van der Waals surface area contributed by atoms with Gasteiger partial charge >= 0.3 is 11.9 Å². The van der Waals surface area contributed by atoms with Crippen LogP contribution in [0.4, 0.5) is 0 Å². The van der Waals surface area contributed by atoms with Gasteiger partial charge in [0.15, 0.2) is 5.78 Å². The Morgan fingerprint density at radius 2 is 1.31 bits per heavy atom. The highest BCUT2D eigenvalue weighted by molar-refractivity contribution is 9.13. The molecule has 0 radical (unpaired) electrons. The van der Waals surface area contributed by atoms with E-state index in [1.165, 1.54) is 39.5 Å². The molecule has 0 saturated carbocycles. The topological polar surface area (TPSA) is 109 Å². The Labute approximate surface area is 209 Å². The number of ketones is 2. The lowest BCUT2D eigenvalue weighted by molar-refractivity contribution is -0.138. The van der Waals surface area contributed by atoms with Crippen LogP contribution < -0.4 is 0 Å². The number of Topliss-reactive ketones (excluding diaryl/α,β-unsaturated/α-hetero) is 2. The summed E-state index contributed by atoms with van der Waals surface area (Å²) in [5.74, 6) is -2.32. The van der Waals surface area contributed by atoms with Crippen molar-refractivity contribution in [2.45, 2.75) is 114 Å². The third-order valence-corrected chi connectivity index (χ3v) is 8.35. The number of allylic oxidation sites excluding steroid dienone is 1. The second kappa shape index (κ2) is 19.4. The molecule has 6 nitrogen and oxygen atoms in total. The van der Waals surface area contributed by atoms with Gasteiger partial charge in [0.25, 0.3) is 0 Å². The third-order valence-electron chi connectivity index (χ3n) is 5.15. The van der Waals surface area contributed by atoms with Crippen LogP contribution in [0.2, 0.25) is 0 Å². The number of rotatable bonds is 17. The van der Waals surface area contributed by atoms with Gasteiger partial charge in [-0.15, -0.1) is 0 Å². The number of carbonyl (C=O) groups is 4. The van der Waals surface area contributed by atoms with Crippen molar-refractivity contribution in [1.29, 1.82) is 0 Å². The molecule has 0 aliphatic heterocycles. The Morgan fingerprint density at radius 1 is 0.844 bits per heavy atom. The monoisotopic (exact) mass is 582 g/mol. The van der Waals surface area contributed by atoms with Gasteiger partial charge in [-0.25, -0.2) is 4.79 Å². The van der Waals surface area contributed by atoms with Crippen molar-refractivity contribution in [2.24, 2.45) is 0 Å². The van der Waals surface area contributed by atoms with Crippen LogP contribution in [0.25, 0.3) is 0 Å². The Bertz CT molecular complexity index is 618. The Balaban J connectivity index is 0. The van der Waals surface area contributed by atoms with E-state index in [4.69, 9.17) is 10.2 Å². The molecule has 2 unspecified atom stereocenters. The van der Waals surface area contributed by atoms with Gasteiger partial charge in [0.1, 0.15) is 14.9 Å². The smallest absolute Gasteiger partial charge is 0.328 e. The lowest BCUT2D eigenvalue weighted by atomic mass is 9.93. The third kappa shape index (κ3) is 15.7. The average Bonchev–Trinajstić information content (AvgIpc) is 2.71. The summed E-state index contributed by atoms with van der Waals surface area (Å²) in [5.41, 5.74) is 0.430. The van der Waals surface area contributed by atoms with Gasteiger partial charge in [-0.1, -0.05) is 103 Å². The molecule has 2 atom stereocenters. The molecule has 0 aromatic heterocycles. The summed E-state index contributed by atoms with van der Waals surface area (Å²) in [6, 6.07) is 0. The maximum atomic E-state index is 11.6. The number of carboxylic acid groups (broad SMARTS) is 2. The van der Waals surface area contributed by atoms with Gasteiger partial charge < -0.3 is 10.2 Å². The van der Waals surface area contributed by atoms with Crippen LogP contribution in [0.15, 0.2) is 11.6 Å². The van der Waals surface area contributed by atoms with Crippen molar-refractivity contribution < 1.29 is 29.4 Å². The number of halogens is 2. The standard InChI is InChI=1S/C12H20Br2O3.C12H20O3/c1-3-4-5-6-7-8-12(14,9(2)15)10(13)11(16)17;1-3-4-5-6-7-8-11(10(2)13)9-12(14)15/h10H,3-8H2,1-2H3,(H,16,17);9H,3-8H2,1-2H3,(H,14,15). The van der Waals surface area contributed by atoms with Crippen molar-refractivity contribution in [3.8, 4) is 0 Å². The molecular weight excluding hydrogens is 544 g/mol. The molecule has 0 amide bonds. The summed E-state index contributed by atoms with van der Waals surface area (Å²) in [6.45, 7) is 7.13. The Kier molecular flexibility index (Phi) is 20.2. The number of hydrogen-bond acceptors (Lipinski definition) is 4. The summed E-state index contributed by atoms with van der Waals surface area (Å²) in [7, 11) is 0. The SMILES string of the molecule is CCCCCCCC(=CC(=O)O)C(C)=O.CCCCCCCC(Br)(C(C)=O)C(Br)C(=O)O. The first-order valence-electron chi connectivity index (χ1n) is 11.4. The van der Waals surface area contributed by atoms with Crippen LogP contribution in [-0.2, 0) is 19.2 Å². The summed E-state index contributed by atoms with van der Waals surface area (Å²) in [4.78, 5) is 43.2. The highest BCUT2D eigenvalue weighted by Crippen LogP contribution is 2.35. The highest BCUT2D eigenvalue weighted by atomic mass is 79.9. The van der Waals surface area contributed by atoms with E-state index in [0.29, 0.717) is 18.4 Å². The maximum Gasteiger partial charge on any atom is 0.328 e. The molecule has 0 fully saturated rings. The zero-order valence-corrected chi connectivity index (χ0v) is 23.1. The molecule has 0 aliphatic carbocycles. The molecule has 0 rings (SSSR count). The van der Waals surface area contributed by atoms with Crippen LogP contribution in [0, 0.1) is 0 Å². The molecule has 2 N–H and O–H groups in total. The van der Waals surface area contributed by atoms with E-state index in [1.807, 2.05) is 0 Å². The summed E-state index contributed by atoms with van der Waals surface area (Å²) in [5, 5.41) is 17.5. The predicted molar refractivity (Wildman–Crippen MR) is 136 cm³/mol. The van der Waals surface area contributed by atoms with Crippen LogP contribution in [0.1, 0.15) is 105 Å². The summed E-state index contributed by atoms with van der Waals surface area (Å²) in [6.07, 6.45) is 13.1. The molecule has 0 aliphatic rings. The van der Waals surface area contributed by atoms with E-state index in [-0.39, 0.29) is 11.6 Å². The fourth-order valence-electron chi connectivity index (χ4n) is 3.08. The highest BCUT2D eigenvalue weighted by Gasteiger charge is 2.43. The zero-order chi connectivity index (χ0) is 25.2. The van der Waals surface area contributed by atoms with E-state index in [2.05, 4.69) is 45.7 Å². The minimum atomic E-state index is -1.03. The van der Waals surface area contributed by atoms with Gasteiger partial charge in [-0.05, 0) is 33.1 Å². The van der Waals surface area contributed by atoms with E-state index in [9.17, 15) is 19.2 Å². The molecule has 8 heteroatoms. The molecule has 0 spiro atoms. The van der Waals surface area contributed by atoms with E-state index >= 15 is 0 Å². The van der Waals surface area contributed by atoms with Gasteiger partial charge in [0.05, 0.1) is 0 Å². The van der Waals surface area contributed by atoms with E-state index in [0.717, 1.165) is 44.6 Å². The molecule has 0 aromatic carbocycles. The van der Waals surface area contributed by atoms with Gasteiger partial charge in [-0.2, -0.15) is 0 Å². The number of aliphatic carboxylic acids is 2. The number of unbranched alkanes of at least 4 members (excludes halogenated alkanes) is 8. The largest absolute Gasteiger partial charge is 0.480 e. The summed E-state index contributed by atoms with van der Waals surface area (Å²) >= 11 is 6.39. The van der Waals surface area contributed by atoms with Crippen LogP contribution in [0.5, 0.6) is 0 Å². The fraction of sp³-hybridized carbons (Fsp3) is 0.750. The van der Waals surface area contributed by atoms with Crippen LogP contribution in [0.3, 0.4) is 0 Å². The fourth-order valence-corrected chi connectivity index (χ4v) is 4.11. The number of carbonyl (C=O) groups excluding carboxylic acids is 2. The second-order valence-corrected chi connectivity index (χ2v) is 10.3. The van der Waals surface area contributed by atoms with Crippen molar-refractivity contribution in [3.63, 3.8) is 0 Å². The quantitative estimate of drug-likeness (QED) is 0.110. The molecule has 0 saturated heterocycles. The molecular formula is C24H40Br2O6. The first kappa shape index (κ1) is 33.2. The van der Waals surface area contributed by atoms with Gasteiger partial charge in [0.2, 0.25) is 0 Å². The maximum absolute atomic E-state index is 11.6. The van der Waals surface area contributed by atoms with Crippen molar-refractivity contribution in [1.82, 2.24) is 0 Å². The predicted octanol–water partition coefficient (Wildman–Crippen LogP) is 6.86. The first-order valence-corrected chi connectivity index (χ1v) is 13.2. The van der Waals surface area contributed by atoms with E-state index < -0.39 is 21.1 Å². The molecule has 186 valence electrons.